The molecule has 2 amide bonds. The molecular formula is C23H14N2O5S. The number of nitriles is 1. The number of thioether (sulfide) groups is 1. The Bertz CT molecular complexity index is 1280. The molecule has 1 aliphatic heterocycles. The molecule has 4 rings (SSSR count). The first-order chi connectivity index (χ1) is 15.0. The van der Waals surface area contributed by atoms with Crippen molar-refractivity contribution in [2.45, 2.75) is 6.54 Å². The van der Waals surface area contributed by atoms with E-state index in [1.807, 2.05) is 0 Å². The average molecular weight is 430 g/mol. The van der Waals surface area contributed by atoms with E-state index in [0.717, 1.165) is 16.7 Å². The van der Waals surface area contributed by atoms with E-state index in [2.05, 4.69) is 6.07 Å². The number of carbonyl (C=O) groups excluding carboxylic acids is 2. The maximum absolute atomic E-state index is 12.8. The van der Waals surface area contributed by atoms with Crippen LogP contribution < -0.4 is 0 Å². The first kappa shape index (κ1) is 20.2. The van der Waals surface area contributed by atoms with Gasteiger partial charge in [-0.05, 0) is 41.6 Å². The summed E-state index contributed by atoms with van der Waals surface area (Å²) in [5.74, 6) is -0.900. The van der Waals surface area contributed by atoms with Gasteiger partial charge in [-0.15, -0.1) is 0 Å². The van der Waals surface area contributed by atoms with E-state index in [1.165, 1.54) is 12.1 Å². The van der Waals surface area contributed by atoms with Gasteiger partial charge in [-0.2, -0.15) is 5.26 Å². The summed E-state index contributed by atoms with van der Waals surface area (Å²) in [5.41, 5.74) is 1.49. The molecule has 152 valence electrons. The average Bonchev–Trinajstić information content (AvgIpc) is 3.34. The minimum absolute atomic E-state index is 0.00112. The minimum Gasteiger partial charge on any atom is -0.478 e. The molecule has 0 bridgehead atoms. The monoisotopic (exact) mass is 430 g/mol. The number of carbonyl (C=O) groups is 3. The Labute approximate surface area is 181 Å². The van der Waals surface area contributed by atoms with Crippen LogP contribution in [0, 0.1) is 11.3 Å². The molecule has 3 aromatic rings. The molecule has 31 heavy (non-hydrogen) atoms. The van der Waals surface area contributed by atoms with Crippen LogP contribution in [0.3, 0.4) is 0 Å². The highest BCUT2D eigenvalue weighted by molar-refractivity contribution is 8.18. The van der Waals surface area contributed by atoms with Crippen molar-refractivity contribution in [1.82, 2.24) is 4.90 Å². The summed E-state index contributed by atoms with van der Waals surface area (Å²) < 4.78 is 5.72. The smallest absolute Gasteiger partial charge is 0.336 e. The maximum atomic E-state index is 12.8. The van der Waals surface area contributed by atoms with Gasteiger partial charge in [0, 0.05) is 11.6 Å². The number of carboxylic acid groups (broad SMARTS) is 1. The molecule has 1 aliphatic rings. The normalized spacial score (nSPS) is 14.8. The molecule has 8 heteroatoms. The first-order valence-electron chi connectivity index (χ1n) is 9.14. The molecule has 0 saturated carbocycles. The Balaban J connectivity index is 1.58. The van der Waals surface area contributed by atoms with E-state index in [9.17, 15) is 24.8 Å². The van der Waals surface area contributed by atoms with Crippen LogP contribution in [0.5, 0.6) is 0 Å². The number of aromatic carboxylic acids is 1. The lowest BCUT2D eigenvalue weighted by molar-refractivity contribution is -0.123. The molecule has 2 aromatic carbocycles. The summed E-state index contributed by atoms with van der Waals surface area (Å²) in [6, 6.07) is 18.5. The van der Waals surface area contributed by atoms with Crippen LogP contribution in [0.2, 0.25) is 0 Å². The standard InChI is InChI=1S/C23H14N2O5S/c24-12-14-5-1-2-6-15(14)13-25-21(26)20(31-23(25)29)11-16-9-10-19(30-16)17-7-3-4-8-18(17)22(27)28/h1-11H,13H2,(H,27,28)/b20-11-. The van der Waals surface area contributed by atoms with E-state index in [-0.39, 0.29) is 17.0 Å². The highest BCUT2D eigenvalue weighted by Gasteiger charge is 2.35. The molecule has 7 nitrogen and oxygen atoms in total. The van der Waals surface area contributed by atoms with E-state index in [1.54, 1.807) is 54.6 Å². The second-order valence-electron chi connectivity index (χ2n) is 6.59. The number of hydrogen-bond acceptors (Lipinski definition) is 6. The van der Waals surface area contributed by atoms with Crippen LogP contribution in [0.4, 0.5) is 4.79 Å². The van der Waals surface area contributed by atoms with Crippen molar-refractivity contribution in [1.29, 1.82) is 5.26 Å². The number of furan rings is 1. The fraction of sp³-hybridized carbons (Fsp3) is 0.0435. The number of rotatable bonds is 5. The molecule has 1 aromatic heterocycles. The lowest BCUT2D eigenvalue weighted by atomic mass is 10.1. The quantitative estimate of drug-likeness (QED) is 0.581. The van der Waals surface area contributed by atoms with Crippen molar-refractivity contribution in [3.63, 3.8) is 0 Å². The van der Waals surface area contributed by atoms with Crippen molar-refractivity contribution in [3.8, 4) is 17.4 Å². The molecule has 0 atom stereocenters. The zero-order valence-corrected chi connectivity index (χ0v) is 16.8. The summed E-state index contributed by atoms with van der Waals surface area (Å²) in [5, 5.41) is 18.1. The van der Waals surface area contributed by atoms with Crippen LogP contribution >= 0.6 is 11.8 Å². The second-order valence-corrected chi connectivity index (χ2v) is 7.58. The predicted molar refractivity (Wildman–Crippen MR) is 114 cm³/mol. The number of imide groups is 1. The van der Waals surface area contributed by atoms with E-state index in [0.29, 0.717) is 28.2 Å². The Morgan fingerprint density at radius 3 is 2.61 bits per heavy atom. The molecule has 0 aliphatic carbocycles. The predicted octanol–water partition coefficient (Wildman–Crippen LogP) is 4.75. The van der Waals surface area contributed by atoms with Gasteiger partial charge in [0.15, 0.2) is 0 Å². The van der Waals surface area contributed by atoms with Gasteiger partial charge in [0.1, 0.15) is 11.5 Å². The Kier molecular flexibility index (Phi) is 5.43. The molecule has 2 heterocycles. The van der Waals surface area contributed by atoms with Crippen LogP contribution in [-0.4, -0.2) is 27.1 Å². The zero-order valence-electron chi connectivity index (χ0n) is 15.9. The van der Waals surface area contributed by atoms with Crippen molar-refractivity contribution in [3.05, 3.63) is 88.0 Å². The third kappa shape index (κ3) is 3.99. The maximum Gasteiger partial charge on any atom is 0.336 e. The third-order valence-corrected chi connectivity index (χ3v) is 5.57. The van der Waals surface area contributed by atoms with Gasteiger partial charge in [-0.1, -0.05) is 36.4 Å². The van der Waals surface area contributed by atoms with Gasteiger partial charge in [-0.25, -0.2) is 4.79 Å². The first-order valence-corrected chi connectivity index (χ1v) is 9.95. The topological polar surface area (TPSA) is 112 Å². The van der Waals surface area contributed by atoms with Crippen LogP contribution in [-0.2, 0) is 11.3 Å². The number of benzene rings is 2. The molecular weight excluding hydrogens is 416 g/mol. The molecule has 1 saturated heterocycles. The molecule has 0 radical (unpaired) electrons. The largest absolute Gasteiger partial charge is 0.478 e. The van der Waals surface area contributed by atoms with Gasteiger partial charge >= 0.3 is 5.97 Å². The second kappa shape index (κ2) is 8.34. The zero-order chi connectivity index (χ0) is 22.0. The van der Waals surface area contributed by atoms with Crippen LogP contribution in [0.15, 0.2) is 70.0 Å². The summed E-state index contributed by atoms with van der Waals surface area (Å²) in [4.78, 5) is 37.8. The fourth-order valence-corrected chi connectivity index (χ4v) is 3.98. The molecule has 0 spiro atoms. The lowest BCUT2D eigenvalue weighted by Gasteiger charge is -2.13. The van der Waals surface area contributed by atoms with Gasteiger partial charge < -0.3 is 9.52 Å². The summed E-state index contributed by atoms with van der Waals surface area (Å²) in [7, 11) is 0. The SMILES string of the molecule is N#Cc1ccccc1CN1C(=O)S/C(=C\c2ccc(-c3ccccc3C(=O)O)o2)C1=O. The minimum atomic E-state index is -1.08. The van der Waals surface area contributed by atoms with E-state index >= 15 is 0 Å². The fourth-order valence-electron chi connectivity index (χ4n) is 3.16. The Morgan fingerprint density at radius 1 is 1.10 bits per heavy atom. The molecule has 1 N–H and O–H groups in total. The van der Waals surface area contributed by atoms with Crippen molar-refractivity contribution in [2.24, 2.45) is 0 Å². The number of nitrogens with zero attached hydrogens (tertiary/aromatic N) is 2. The number of carboxylic acids is 1. The van der Waals surface area contributed by atoms with Crippen molar-refractivity contribution < 1.29 is 23.9 Å². The molecule has 0 unspecified atom stereocenters. The van der Waals surface area contributed by atoms with Gasteiger partial charge in [0.2, 0.25) is 0 Å². The van der Waals surface area contributed by atoms with Crippen LogP contribution in [0.1, 0.15) is 27.2 Å². The number of amides is 2. The highest BCUT2D eigenvalue weighted by atomic mass is 32.2. The van der Waals surface area contributed by atoms with Crippen molar-refractivity contribution in [2.75, 3.05) is 0 Å². The van der Waals surface area contributed by atoms with Gasteiger partial charge in [-0.3, -0.25) is 14.5 Å². The Morgan fingerprint density at radius 2 is 1.84 bits per heavy atom. The van der Waals surface area contributed by atoms with Crippen LogP contribution in [0.25, 0.3) is 17.4 Å². The van der Waals surface area contributed by atoms with Gasteiger partial charge in [0.25, 0.3) is 11.1 Å². The van der Waals surface area contributed by atoms with E-state index < -0.39 is 17.1 Å². The van der Waals surface area contributed by atoms with E-state index in [4.69, 9.17) is 4.42 Å². The molecule has 1 fully saturated rings. The Hall–Kier alpha value is -4.09. The van der Waals surface area contributed by atoms with Gasteiger partial charge in [0.05, 0.1) is 28.6 Å². The lowest BCUT2D eigenvalue weighted by Crippen LogP contribution is -2.27. The summed E-state index contributed by atoms with van der Waals surface area (Å²) in [6.45, 7) is 0.00112. The van der Waals surface area contributed by atoms with Crippen molar-refractivity contribution >= 4 is 35.0 Å². The summed E-state index contributed by atoms with van der Waals surface area (Å²) in [6.07, 6.45) is 1.45. The highest BCUT2D eigenvalue weighted by Crippen LogP contribution is 2.35. The summed E-state index contributed by atoms with van der Waals surface area (Å²) >= 11 is 0.784. The third-order valence-electron chi connectivity index (χ3n) is 4.66. The number of hydrogen-bond donors (Lipinski definition) is 1.